The van der Waals surface area contributed by atoms with Crippen molar-refractivity contribution in [3.63, 3.8) is 0 Å². The summed E-state index contributed by atoms with van der Waals surface area (Å²) < 4.78 is 23.8. The van der Waals surface area contributed by atoms with Crippen LogP contribution in [0.5, 0.6) is 0 Å². The molecule has 0 aliphatic carbocycles. The molecule has 1 amide bonds. The van der Waals surface area contributed by atoms with Crippen molar-refractivity contribution in [2.24, 2.45) is 0 Å². The quantitative estimate of drug-likeness (QED) is 0.524. The number of carbonyl (C=O) groups is 1. The Morgan fingerprint density at radius 3 is 2.44 bits per heavy atom. The number of hydrogen-bond donors (Lipinski definition) is 3. The third kappa shape index (κ3) is 5.85. The van der Waals surface area contributed by atoms with E-state index < -0.39 is 10.0 Å². The number of sulfonamides is 1. The average Bonchev–Trinajstić information content (AvgIpc) is 2.23. The fourth-order valence-corrected chi connectivity index (χ4v) is 1.68. The van der Waals surface area contributed by atoms with E-state index in [0.29, 0.717) is 11.3 Å². The molecule has 0 atom stereocenters. The zero-order valence-electron chi connectivity index (χ0n) is 9.84. The molecule has 8 heteroatoms. The highest BCUT2D eigenvalue weighted by Crippen LogP contribution is 2.09. The standard InChI is InChI=1S/C10H15N3O3S.ClH/c1-17(15,16)13-7-6-12-10(14)8-4-2-3-5-9(8)11;/h2-5,13H,6-7,11H2,1H3,(H,12,14);1H. The lowest BCUT2D eigenvalue weighted by molar-refractivity contribution is 0.0955. The van der Waals surface area contributed by atoms with Crippen molar-refractivity contribution in [1.82, 2.24) is 10.0 Å². The molecule has 0 saturated carbocycles. The van der Waals surface area contributed by atoms with E-state index in [1.165, 1.54) is 0 Å². The summed E-state index contributed by atoms with van der Waals surface area (Å²) in [5.74, 6) is -0.321. The second-order valence-corrected chi connectivity index (χ2v) is 5.34. The van der Waals surface area contributed by atoms with Gasteiger partial charge in [-0.25, -0.2) is 13.1 Å². The van der Waals surface area contributed by atoms with Crippen LogP contribution in [0.4, 0.5) is 5.69 Å². The van der Waals surface area contributed by atoms with Gasteiger partial charge in [-0.3, -0.25) is 4.79 Å². The summed E-state index contributed by atoms with van der Waals surface area (Å²) in [6.07, 6.45) is 1.06. The maximum absolute atomic E-state index is 11.6. The Morgan fingerprint density at radius 2 is 1.89 bits per heavy atom. The minimum absolute atomic E-state index is 0. The Kier molecular flexibility index (Phi) is 6.67. The molecule has 0 unspecified atom stereocenters. The molecule has 0 spiro atoms. The largest absolute Gasteiger partial charge is 0.398 e. The highest BCUT2D eigenvalue weighted by Gasteiger charge is 2.08. The third-order valence-corrected chi connectivity index (χ3v) is 2.71. The van der Waals surface area contributed by atoms with Crippen molar-refractivity contribution >= 4 is 34.0 Å². The first-order chi connectivity index (χ1) is 7.90. The Hall–Kier alpha value is -1.31. The molecule has 0 bridgehead atoms. The maximum atomic E-state index is 11.6. The number of carbonyl (C=O) groups excluding carboxylic acids is 1. The van der Waals surface area contributed by atoms with Crippen LogP contribution in [0.2, 0.25) is 0 Å². The minimum atomic E-state index is -3.22. The lowest BCUT2D eigenvalue weighted by Gasteiger charge is -2.07. The van der Waals surface area contributed by atoms with Crippen LogP contribution in [0.1, 0.15) is 10.4 Å². The van der Waals surface area contributed by atoms with Gasteiger partial charge in [0, 0.05) is 18.8 Å². The van der Waals surface area contributed by atoms with Crippen LogP contribution in [-0.2, 0) is 10.0 Å². The molecule has 0 aromatic heterocycles. The summed E-state index contributed by atoms with van der Waals surface area (Å²) >= 11 is 0. The first kappa shape index (κ1) is 16.7. The Bertz CT molecular complexity index is 505. The third-order valence-electron chi connectivity index (χ3n) is 1.98. The lowest BCUT2D eigenvalue weighted by Crippen LogP contribution is -2.34. The molecule has 1 rings (SSSR count). The summed E-state index contributed by atoms with van der Waals surface area (Å²) in [4.78, 5) is 11.6. The molecular formula is C10H16ClN3O3S. The normalized spacial score (nSPS) is 10.5. The number of nitrogens with one attached hydrogen (secondary N) is 2. The smallest absolute Gasteiger partial charge is 0.253 e. The monoisotopic (exact) mass is 293 g/mol. The van der Waals surface area contributed by atoms with E-state index in [1.807, 2.05) is 0 Å². The van der Waals surface area contributed by atoms with Crippen LogP contribution in [0.3, 0.4) is 0 Å². The maximum Gasteiger partial charge on any atom is 0.253 e. The zero-order chi connectivity index (χ0) is 12.9. The fourth-order valence-electron chi connectivity index (χ4n) is 1.21. The fraction of sp³-hybridized carbons (Fsp3) is 0.300. The van der Waals surface area contributed by atoms with Crippen molar-refractivity contribution in [2.75, 3.05) is 25.1 Å². The first-order valence-electron chi connectivity index (χ1n) is 4.97. The summed E-state index contributed by atoms with van der Waals surface area (Å²) in [6.45, 7) is 0.359. The van der Waals surface area contributed by atoms with Gasteiger partial charge in [-0.05, 0) is 12.1 Å². The van der Waals surface area contributed by atoms with Crippen molar-refractivity contribution in [3.05, 3.63) is 29.8 Å². The summed E-state index contributed by atoms with van der Waals surface area (Å²) in [5.41, 5.74) is 6.39. The number of halogens is 1. The number of nitrogen functional groups attached to an aromatic ring is 1. The topological polar surface area (TPSA) is 101 Å². The Morgan fingerprint density at radius 1 is 1.28 bits per heavy atom. The molecule has 102 valence electrons. The van der Waals surface area contributed by atoms with Gasteiger partial charge in [-0.2, -0.15) is 0 Å². The SMILES string of the molecule is CS(=O)(=O)NCCNC(=O)c1ccccc1N.Cl. The molecule has 0 aliphatic heterocycles. The molecule has 1 aromatic rings. The van der Waals surface area contributed by atoms with Crippen molar-refractivity contribution in [3.8, 4) is 0 Å². The van der Waals surface area contributed by atoms with E-state index in [4.69, 9.17) is 5.73 Å². The van der Waals surface area contributed by atoms with Crippen molar-refractivity contribution in [2.45, 2.75) is 0 Å². The van der Waals surface area contributed by atoms with Crippen LogP contribution in [0.25, 0.3) is 0 Å². The van der Waals surface area contributed by atoms with Crippen LogP contribution in [0.15, 0.2) is 24.3 Å². The highest BCUT2D eigenvalue weighted by atomic mass is 35.5. The van der Waals surface area contributed by atoms with Gasteiger partial charge in [0.2, 0.25) is 10.0 Å². The van der Waals surface area contributed by atoms with Crippen LogP contribution < -0.4 is 15.8 Å². The van der Waals surface area contributed by atoms with E-state index in [9.17, 15) is 13.2 Å². The van der Waals surface area contributed by atoms with Crippen molar-refractivity contribution in [1.29, 1.82) is 0 Å². The molecule has 0 aliphatic rings. The highest BCUT2D eigenvalue weighted by molar-refractivity contribution is 7.88. The zero-order valence-corrected chi connectivity index (χ0v) is 11.5. The van der Waals surface area contributed by atoms with Gasteiger partial charge in [0.15, 0.2) is 0 Å². The van der Waals surface area contributed by atoms with Gasteiger partial charge in [-0.15, -0.1) is 12.4 Å². The predicted molar refractivity (Wildman–Crippen MR) is 73.3 cm³/mol. The lowest BCUT2D eigenvalue weighted by atomic mass is 10.2. The van der Waals surface area contributed by atoms with Crippen LogP contribution in [-0.4, -0.2) is 33.7 Å². The van der Waals surface area contributed by atoms with Gasteiger partial charge in [0.25, 0.3) is 5.91 Å². The summed E-state index contributed by atoms with van der Waals surface area (Å²) in [6, 6.07) is 6.68. The first-order valence-corrected chi connectivity index (χ1v) is 6.86. The van der Waals surface area contributed by atoms with E-state index in [-0.39, 0.29) is 31.4 Å². The molecule has 0 saturated heterocycles. The molecule has 0 heterocycles. The van der Waals surface area contributed by atoms with Gasteiger partial charge in [0.05, 0.1) is 11.8 Å². The van der Waals surface area contributed by atoms with Gasteiger partial charge < -0.3 is 11.1 Å². The van der Waals surface area contributed by atoms with Gasteiger partial charge in [0.1, 0.15) is 0 Å². The summed E-state index contributed by atoms with van der Waals surface area (Å²) in [7, 11) is -3.22. The number of rotatable bonds is 5. The van der Waals surface area contributed by atoms with E-state index in [2.05, 4.69) is 10.0 Å². The molecule has 0 fully saturated rings. The molecule has 0 radical (unpaired) electrons. The van der Waals surface area contributed by atoms with E-state index in [0.717, 1.165) is 6.26 Å². The minimum Gasteiger partial charge on any atom is -0.398 e. The predicted octanol–water partition coefficient (Wildman–Crippen LogP) is -0.0304. The molecule has 18 heavy (non-hydrogen) atoms. The van der Waals surface area contributed by atoms with Crippen molar-refractivity contribution < 1.29 is 13.2 Å². The van der Waals surface area contributed by atoms with E-state index in [1.54, 1.807) is 24.3 Å². The Balaban J connectivity index is 0.00000289. The molecular weight excluding hydrogens is 278 g/mol. The van der Waals surface area contributed by atoms with Gasteiger partial charge >= 0.3 is 0 Å². The Labute approximate surface area is 112 Å². The summed E-state index contributed by atoms with van der Waals surface area (Å²) in [5, 5.41) is 2.57. The molecule has 1 aromatic carbocycles. The van der Waals surface area contributed by atoms with E-state index >= 15 is 0 Å². The number of hydrogen-bond acceptors (Lipinski definition) is 4. The number of benzene rings is 1. The van der Waals surface area contributed by atoms with Crippen LogP contribution in [0, 0.1) is 0 Å². The van der Waals surface area contributed by atoms with Gasteiger partial charge in [-0.1, -0.05) is 12.1 Å². The number of nitrogens with two attached hydrogens (primary N) is 1. The molecule has 4 N–H and O–H groups in total. The second kappa shape index (κ2) is 7.20. The second-order valence-electron chi connectivity index (χ2n) is 3.51. The number of para-hydroxylation sites is 1. The average molecular weight is 294 g/mol. The number of anilines is 1. The van der Waals surface area contributed by atoms with Crippen LogP contribution >= 0.6 is 12.4 Å². The molecule has 6 nitrogen and oxygen atoms in total. The number of amides is 1.